The summed E-state index contributed by atoms with van der Waals surface area (Å²) >= 11 is 1.49. The highest BCUT2D eigenvalue weighted by Crippen LogP contribution is 2.32. The second-order valence-electron chi connectivity index (χ2n) is 7.21. The molecule has 0 aliphatic heterocycles. The van der Waals surface area contributed by atoms with Gasteiger partial charge in [0.1, 0.15) is 5.75 Å². The quantitative estimate of drug-likeness (QED) is 0.426. The summed E-state index contributed by atoms with van der Waals surface area (Å²) in [5.41, 5.74) is 13.2. The molecule has 0 unspecified atom stereocenters. The molecular formula is C25H24N2OS. The fraction of sp³-hybridized carbons (Fsp3) is 0.160. The number of aromatic nitrogens is 1. The van der Waals surface area contributed by atoms with Crippen LogP contribution in [0.4, 0.5) is 5.13 Å². The lowest BCUT2D eigenvalue weighted by atomic mass is 9.89. The molecule has 0 spiro atoms. The summed E-state index contributed by atoms with van der Waals surface area (Å²) in [5.74, 6) is 1.01. The lowest BCUT2D eigenvalue weighted by Crippen LogP contribution is -2.06. The van der Waals surface area contributed by atoms with E-state index in [4.69, 9.17) is 10.5 Å². The predicted octanol–water partition coefficient (Wildman–Crippen LogP) is 6.08. The molecule has 0 aliphatic carbocycles. The molecule has 29 heavy (non-hydrogen) atoms. The number of nitrogen functional groups attached to an aromatic ring is 1. The lowest BCUT2D eigenvalue weighted by Gasteiger charge is -2.16. The molecule has 2 N–H and O–H groups in total. The summed E-state index contributed by atoms with van der Waals surface area (Å²) in [7, 11) is 1.68. The Bertz CT molecular complexity index is 1080. The Morgan fingerprint density at radius 3 is 2.34 bits per heavy atom. The molecule has 0 saturated carbocycles. The smallest absolute Gasteiger partial charge is 0.180 e. The summed E-state index contributed by atoms with van der Waals surface area (Å²) in [6, 6.07) is 25.6. The van der Waals surface area contributed by atoms with Gasteiger partial charge >= 0.3 is 0 Å². The molecule has 0 aliphatic rings. The van der Waals surface area contributed by atoms with Gasteiger partial charge in [-0.05, 0) is 47.7 Å². The molecule has 0 fully saturated rings. The van der Waals surface area contributed by atoms with Gasteiger partial charge in [-0.2, -0.15) is 0 Å². The first-order valence-corrected chi connectivity index (χ1v) is 10.5. The molecular weight excluding hydrogens is 376 g/mol. The first-order valence-electron chi connectivity index (χ1n) is 9.63. The zero-order valence-corrected chi connectivity index (χ0v) is 17.4. The predicted molar refractivity (Wildman–Crippen MR) is 122 cm³/mol. The van der Waals surface area contributed by atoms with Crippen molar-refractivity contribution in [2.45, 2.75) is 19.3 Å². The number of aryl methyl sites for hydroxylation is 1. The van der Waals surface area contributed by atoms with Crippen LogP contribution in [0.3, 0.4) is 0 Å². The highest BCUT2D eigenvalue weighted by Gasteiger charge is 2.18. The Labute approximate surface area is 175 Å². The molecule has 1 heterocycles. The number of nitrogens with two attached hydrogens (primary N) is 1. The molecule has 4 aromatic rings. The van der Waals surface area contributed by atoms with Crippen LogP contribution in [0.5, 0.6) is 5.75 Å². The molecule has 0 bridgehead atoms. The number of benzene rings is 3. The van der Waals surface area contributed by atoms with Gasteiger partial charge in [0.25, 0.3) is 0 Å². The molecule has 3 nitrogen and oxygen atoms in total. The van der Waals surface area contributed by atoms with Crippen LogP contribution in [0.1, 0.15) is 28.3 Å². The van der Waals surface area contributed by atoms with Crippen LogP contribution >= 0.6 is 11.3 Å². The lowest BCUT2D eigenvalue weighted by molar-refractivity contribution is 0.414. The van der Waals surface area contributed by atoms with E-state index < -0.39 is 0 Å². The first kappa shape index (κ1) is 19.2. The number of hydrogen-bond donors (Lipinski definition) is 1. The van der Waals surface area contributed by atoms with Crippen molar-refractivity contribution in [1.82, 2.24) is 4.98 Å². The van der Waals surface area contributed by atoms with Crippen LogP contribution in [0.25, 0.3) is 11.1 Å². The third kappa shape index (κ3) is 4.49. The molecule has 146 valence electrons. The molecule has 0 saturated heterocycles. The Morgan fingerprint density at radius 1 is 0.966 bits per heavy atom. The number of rotatable bonds is 6. The van der Waals surface area contributed by atoms with Gasteiger partial charge in [-0.1, -0.05) is 66.2 Å². The second-order valence-corrected chi connectivity index (χ2v) is 8.10. The van der Waals surface area contributed by atoms with Gasteiger partial charge < -0.3 is 10.5 Å². The molecule has 3 aromatic carbocycles. The molecule has 0 radical (unpaired) electrons. The van der Waals surface area contributed by atoms with Crippen LogP contribution in [0.2, 0.25) is 0 Å². The van der Waals surface area contributed by atoms with Crippen LogP contribution in [0.15, 0.2) is 78.2 Å². The van der Waals surface area contributed by atoms with E-state index >= 15 is 0 Å². The van der Waals surface area contributed by atoms with Crippen molar-refractivity contribution in [2.75, 3.05) is 12.8 Å². The van der Waals surface area contributed by atoms with Crippen molar-refractivity contribution in [3.63, 3.8) is 0 Å². The van der Waals surface area contributed by atoms with E-state index in [1.807, 2.05) is 12.1 Å². The zero-order valence-electron chi connectivity index (χ0n) is 16.6. The first-order chi connectivity index (χ1) is 14.1. The minimum Gasteiger partial charge on any atom is -0.497 e. The van der Waals surface area contributed by atoms with E-state index in [0.29, 0.717) is 5.13 Å². The van der Waals surface area contributed by atoms with Crippen LogP contribution in [0, 0.1) is 6.92 Å². The Hall–Kier alpha value is -3.11. The Morgan fingerprint density at radius 2 is 1.72 bits per heavy atom. The number of ether oxygens (including phenoxy) is 1. The third-order valence-corrected chi connectivity index (χ3v) is 5.85. The van der Waals surface area contributed by atoms with E-state index in [-0.39, 0.29) is 5.92 Å². The average Bonchev–Trinajstić information content (AvgIpc) is 3.18. The Kier molecular flexibility index (Phi) is 5.63. The number of nitrogens with zero attached hydrogens (tertiary/aromatic N) is 1. The monoisotopic (exact) mass is 400 g/mol. The van der Waals surface area contributed by atoms with Gasteiger partial charge in [-0.3, -0.25) is 0 Å². The normalized spacial score (nSPS) is 11.9. The summed E-state index contributed by atoms with van der Waals surface area (Å²) in [5, 5.41) is 2.67. The van der Waals surface area contributed by atoms with Crippen molar-refractivity contribution in [1.29, 1.82) is 0 Å². The van der Waals surface area contributed by atoms with E-state index in [2.05, 4.69) is 78.0 Å². The number of anilines is 1. The largest absolute Gasteiger partial charge is 0.497 e. The van der Waals surface area contributed by atoms with Gasteiger partial charge in [0, 0.05) is 11.3 Å². The van der Waals surface area contributed by atoms with Crippen molar-refractivity contribution in [2.24, 2.45) is 0 Å². The summed E-state index contributed by atoms with van der Waals surface area (Å²) in [6.45, 7) is 2.12. The van der Waals surface area contributed by atoms with Gasteiger partial charge in [0.2, 0.25) is 0 Å². The maximum Gasteiger partial charge on any atom is 0.180 e. The van der Waals surface area contributed by atoms with Gasteiger partial charge in [-0.25, -0.2) is 4.98 Å². The van der Waals surface area contributed by atoms with Crippen LogP contribution < -0.4 is 10.5 Å². The standard InChI is InChI=1S/C25H24N2OS/c1-17-4-3-5-21(14-17)19-8-6-18(7-9-19)15-23(24-16-29-25(26)27-24)20-10-12-22(28-2)13-11-20/h3-14,16,23H,15H2,1-2H3,(H2,26,27)/t23-/m0/s1. The number of hydrogen-bond acceptors (Lipinski definition) is 4. The average molecular weight is 401 g/mol. The maximum atomic E-state index is 5.92. The summed E-state index contributed by atoms with van der Waals surface area (Å²) in [4.78, 5) is 4.57. The van der Waals surface area contributed by atoms with E-state index in [1.54, 1.807) is 7.11 Å². The zero-order chi connectivity index (χ0) is 20.2. The Balaban J connectivity index is 1.62. The maximum absolute atomic E-state index is 5.92. The molecule has 0 amide bonds. The third-order valence-electron chi connectivity index (χ3n) is 5.16. The number of thiazole rings is 1. The highest BCUT2D eigenvalue weighted by atomic mass is 32.1. The fourth-order valence-electron chi connectivity index (χ4n) is 3.58. The minimum atomic E-state index is 0.152. The second kappa shape index (κ2) is 8.50. The van der Waals surface area contributed by atoms with E-state index in [0.717, 1.165) is 17.9 Å². The molecule has 1 atom stereocenters. The van der Waals surface area contributed by atoms with Crippen molar-refractivity contribution in [3.05, 3.63) is 101 Å². The summed E-state index contributed by atoms with van der Waals surface area (Å²) in [6.07, 6.45) is 0.865. The van der Waals surface area contributed by atoms with Crippen molar-refractivity contribution >= 4 is 16.5 Å². The number of methoxy groups -OCH3 is 1. The SMILES string of the molecule is COc1ccc([C@H](Cc2ccc(-c3cccc(C)c3)cc2)c2csc(N)n2)cc1. The fourth-order valence-corrected chi connectivity index (χ4v) is 4.20. The summed E-state index contributed by atoms with van der Waals surface area (Å²) < 4.78 is 5.31. The van der Waals surface area contributed by atoms with Gasteiger partial charge in [0.15, 0.2) is 5.13 Å². The van der Waals surface area contributed by atoms with Gasteiger partial charge in [-0.15, -0.1) is 11.3 Å². The van der Waals surface area contributed by atoms with E-state index in [9.17, 15) is 0 Å². The molecule has 4 heteroatoms. The van der Waals surface area contributed by atoms with Crippen molar-refractivity contribution < 1.29 is 4.74 Å². The van der Waals surface area contributed by atoms with Crippen LogP contribution in [-0.4, -0.2) is 12.1 Å². The van der Waals surface area contributed by atoms with E-state index in [1.165, 1.54) is 39.2 Å². The van der Waals surface area contributed by atoms with Crippen LogP contribution in [-0.2, 0) is 6.42 Å². The molecule has 4 rings (SSSR count). The minimum absolute atomic E-state index is 0.152. The highest BCUT2D eigenvalue weighted by molar-refractivity contribution is 7.13. The molecule has 1 aromatic heterocycles. The topological polar surface area (TPSA) is 48.1 Å². The van der Waals surface area contributed by atoms with Gasteiger partial charge in [0.05, 0.1) is 12.8 Å². The van der Waals surface area contributed by atoms with Crippen molar-refractivity contribution in [3.8, 4) is 16.9 Å².